The van der Waals surface area contributed by atoms with Crippen molar-refractivity contribution in [2.75, 3.05) is 0 Å². The van der Waals surface area contributed by atoms with Crippen LogP contribution in [0.2, 0.25) is 0 Å². The molecular formula is C20H17BrN2O3S. The van der Waals surface area contributed by atoms with Crippen LogP contribution in [0.1, 0.15) is 23.6 Å². The molecule has 138 valence electrons. The fraction of sp³-hybridized carbons (Fsp3) is 0.150. The number of nitrogens with one attached hydrogen (secondary N) is 1. The van der Waals surface area contributed by atoms with Crippen molar-refractivity contribution in [2.45, 2.75) is 20.5 Å². The van der Waals surface area contributed by atoms with Gasteiger partial charge in [0, 0.05) is 6.92 Å². The van der Waals surface area contributed by atoms with Crippen molar-refractivity contribution in [3.05, 3.63) is 68.5 Å². The van der Waals surface area contributed by atoms with E-state index in [2.05, 4.69) is 38.4 Å². The standard InChI is InChI=1S/C20H17BrN2O3S/c1-12-3-5-14(6-4-12)11-26-17-8-7-15(9-16(17)21)10-18-19(25)23-20(27-18)22-13(2)24/h3-10H,11H2,1-2H3,(H,22,23,24,25)/b18-10+. The van der Waals surface area contributed by atoms with E-state index >= 15 is 0 Å². The average molecular weight is 445 g/mol. The second-order valence-electron chi connectivity index (χ2n) is 5.98. The van der Waals surface area contributed by atoms with Gasteiger partial charge in [0.1, 0.15) is 12.4 Å². The first-order valence-electron chi connectivity index (χ1n) is 8.19. The molecule has 1 aliphatic heterocycles. The molecule has 1 N–H and O–H groups in total. The predicted molar refractivity (Wildman–Crippen MR) is 111 cm³/mol. The van der Waals surface area contributed by atoms with Crippen molar-refractivity contribution >= 4 is 50.7 Å². The van der Waals surface area contributed by atoms with Gasteiger partial charge >= 0.3 is 0 Å². The van der Waals surface area contributed by atoms with Gasteiger partial charge in [0.25, 0.3) is 5.91 Å². The van der Waals surface area contributed by atoms with Gasteiger partial charge in [-0.15, -0.1) is 0 Å². The zero-order valence-electron chi connectivity index (χ0n) is 14.8. The molecule has 0 atom stereocenters. The number of rotatable bonds is 4. The Morgan fingerprint density at radius 1 is 1.26 bits per heavy atom. The summed E-state index contributed by atoms with van der Waals surface area (Å²) in [5.41, 5.74) is 3.14. The van der Waals surface area contributed by atoms with Crippen LogP contribution in [0.15, 0.2) is 56.8 Å². The highest BCUT2D eigenvalue weighted by molar-refractivity contribution is 9.10. The Labute approximate surface area is 170 Å². The number of carbonyl (C=O) groups is 2. The van der Waals surface area contributed by atoms with E-state index in [0.29, 0.717) is 16.7 Å². The maximum Gasteiger partial charge on any atom is 0.286 e. The third-order valence-corrected chi connectivity index (χ3v) is 5.19. The lowest BCUT2D eigenvalue weighted by Gasteiger charge is -2.09. The van der Waals surface area contributed by atoms with Gasteiger partial charge in [-0.25, -0.2) is 0 Å². The minimum atomic E-state index is -0.362. The predicted octanol–water partition coefficient (Wildman–Crippen LogP) is 4.44. The first-order valence-corrected chi connectivity index (χ1v) is 9.80. The first kappa shape index (κ1) is 19.4. The summed E-state index contributed by atoms with van der Waals surface area (Å²) < 4.78 is 6.65. The summed E-state index contributed by atoms with van der Waals surface area (Å²) in [7, 11) is 0. The summed E-state index contributed by atoms with van der Waals surface area (Å²) in [4.78, 5) is 27.3. The molecule has 2 amide bonds. The molecule has 0 unspecified atom stereocenters. The van der Waals surface area contributed by atoms with E-state index in [4.69, 9.17) is 4.74 Å². The van der Waals surface area contributed by atoms with Gasteiger partial charge in [0.15, 0.2) is 5.17 Å². The summed E-state index contributed by atoms with van der Waals surface area (Å²) in [6, 6.07) is 13.8. The maximum absolute atomic E-state index is 11.9. The normalized spacial score (nSPS) is 15.0. The van der Waals surface area contributed by atoms with E-state index in [1.54, 1.807) is 6.08 Å². The third kappa shape index (κ3) is 5.30. The Morgan fingerprint density at radius 2 is 2.00 bits per heavy atom. The van der Waals surface area contributed by atoms with Crippen LogP contribution >= 0.6 is 27.7 Å². The van der Waals surface area contributed by atoms with Gasteiger partial charge in [0.05, 0.1) is 9.38 Å². The second kappa shape index (κ2) is 8.54. The molecule has 1 aliphatic rings. The molecule has 5 nitrogen and oxygen atoms in total. The van der Waals surface area contributed by atoms with Crippen molar-refractivity contribution in [2.24, 2.45) is 4.99 Å². The molecule has 1 heterocycles. The number of amides is 2. The summed E-state index contributed by atoms with van der Waals surface area (Å²) in [5, 5.41) is 2.83. The largest absolute Gasteiger partial charge is 0.488 e. The van der Waals surface area contributed by atoms with Gasteiger partial charge in [-0.2, -0.15) is 4.99 Å². The number of amidine groups is 1. The van der Waals surface area contributed by atoms with Crippen LogP contribution in [-0.4, -0.2) is 17.0 Å². The SMILES string of the molecule is CC(=O)NC1=NC(=O)/C(=C\c2ccc(OCc3ccc(C)cc3)c(Br)c2)S1. The number of hydrogen-bond donors (Lipinski definition) is 1. The monoisotopic (exact) mass is 444 g/mol. The van der Waals surface area contributed by atoms with Crippen LogP contribution < -0.4 is 10.1 Å². The topological polar surface area (TPSA) is 67.8 Å². The Morgan fingerprint density at radius 3 is 2.67 bits per heavy atom. The lowest BCUT2D eigenvalue weighted by molar-refractivity contribution is -0.117. The molecule has 0 radical (unpaired) electrons. The van der Waals surface area contributed by atoms with Gasteiger partial charge in [0.2, 0.25) is 5.91 Å². The Kier molecular flexibility index (Phi) is 6.13. The Hall–Kier alpha value is -2.38. The average Bonchev–Trinajstić information content (AvgIpc) is 2.94. The quantitative estimate of drug-likeness (QED) is 0.707. The molecule has 7 heteroatoms. The number of halogens is 1. The highest BCUT2D eigenvalue weighted by Crippen LogP contribution is 2.31. The van der Waals surface area contributed by atoms with Crippen molar-refractivity contribution < 1.29 is 14.3 Å². The van der Waals surface area contributed by atoms with Crippen molar-refractivity contribution in [3.8, 4) is 5.75 Å². The molecule has 0 saturated carbocycles. The van der Waals surface area contributed by atoms with E-state index in [1.807, 2.05) is 37.3 Å². The van der Waals surface area contributed by atoms with Gasteiger partial charge < -0.3 is 10.1 Å². The lowest BCUT2D eigenvalue weighted by Crippen LogP contribution is -2.23. The van der Waals surface area contributed by atoms with Crippen LogP contribution in [0.25, 0.3) is 6.08 Å². The van der Waals surface area contributed by atoms with Crippen LogP contribution in [-0.2, 0) is 16.2 Å². The summed E-state index contributed by atoms with van der Waals surface area (Å²) in [5.74, 6) is 0.103. The molecule has 27 heavy (non-hydrogen) atoms. The number of aryl methyl sites for hydroxylation is 1. The fourth-order valence-electron chi connectivity index (χ4n) is 2.33. The molecule has 2 aromatic carbocycles. The molecular weight excluding hydrogens is 428 g/mol. The number of hydrogen-bond acceptors (Lipinski definition) is 4. The van der Waals surface area contributed by atoms with E-state index < -0.39 is 0 Å². The van der Waals surface area contributed by atoms with E-state index in [1.165, 1.54) is 12.5 Å². The van der Waals surface area contributed by atoms with Crippen molar-refractivity contribution in [3.63, 3.8) is 0 Å². The summed E-state index contributed by atoms with van der Waals surface area (Å²) >= 11 is 4.65. The number of carbonyl (C=O) groups excluding carboxylic acids is 2. The van der Waals surface area contributed by atoms with Crippen molar-refractivity contribution in [1.29, 1.82) is 0 Å². The summed E-state index contributed by atoms with van der Waals surface area (Å²) in [6.07, 6.45) is 1.74. The molecule has 3 rings (SSSR count). The minimum Gasteiger partial charge on any atom is -0.488 e. The fourth-order valence-corrected chi connectivity index (χ4v) is 3.70. The Balaban J connectivity index is 1.67. The summed E-state index contributed by atoms with van der Waals surface area (Å²) in [6.45, 7) is 3.90. The minimum absolute atomic E-state index is 0.256. The highest BCUT2D eigenvalue weighted by Gasteiger charge is 2.22. The number of ether oxygens (including phenoxy) is 1. The van der Waals surface area contributed by atoms with E-state index in [9.17, 15) is 9.59 Å². The van der Waals surface area contributed by atoms with Gasteiger partial charge in [-0.3, -0.25) is 9.59 Å². The number of nitrogens with zero attached hydrogens (tertiary/aromatic N) is 1. The number of benzene rings is 2. The highest BCUT2D eigenvalue weighted by atomic mass is 79.9. The maximum atomic E-state index is 11.9. The molecule has 0 spiro atoms. The van der Waals surface area contributed by atoms with Crippen LogP contribution in [0.5, 0.6) is 5.75 Å². The zero-order valence-corrected chi connectivity index (χ0v) is 17.2. The van der Waals surface area contributed by atoms with E-state index in [0.717, 1.165) is 33.1 Å². The number of thioether (sulfide) groups is 1. The smallest absolute Gasteiger partial charge is 0.286 e. The molecule has 2 aromatic rings. The lowest BCUT2D eigenvalue weighted by atomic mass is 10.1. The molecule has 0 saturated heterocycles. The molecule has 0 aromatic heterocycles. The van der Waals surface area contributed by atoms with Crippen LogP contribution in [0.3, 0.4) is 0 Å². The second-order valence-corrected chi connectivity index (χ2v) is 7.86. The zero-order chi connectivity index (χ0) is 19.4. The third-order valence-electron chi connectivity index (χ3n) is 3.67. The molecule has 0 bridgehead atoms. The molecule has 0 aliphatic carbocycles. The van der Waals surface area contributed by atoms with E-state index in [-0.39, 0.29) is 11.8 Å². The molecule has 0 fully saturated rings. The van der Waals surface area contributed by atoms with Crippen LogP contribution in [0.4, 0.5) is 0 Å². The first-order chi connectivity index (χ1) is 12.9. The number of aliphatic imine (C=N–C) groups is 1. The van der Waals surface area contributed by atoms with Crippen molar-refractivity contribution in [1.82, 2.24) is 5.32 Å². The Bertz CT molecular complexity index is 952. The van der Waals surface area contributed by atoms with Gasteiger partial charge in [-0.05, 0) is 64.0 Å². The van der Waals surface area contributed by atoms with Crippen LogP contribution in [0, 0.1) is 6.92 Å². The van der Waals surface area contributed by atoms with Gasteiger partial charge in [-0.1, -0.05) is 35.9 Å².